The van der Waals surface area contributed by atoms with Crippen LogP contribution in [0.3, 0.4) is 0 Å². The molecule has 2 aliphatic heterocycles. The second kappa shape index (κ2) is 5.16. The Bertz CT molecular complexity index is 500. The number of amides is 2. The summed E-state index contributed by atoms with van der Waals surface area (Å²) in [5.41, 5.74) is 2.23. The first-order valence-electron chi connectivity index (χ1n) is 7.02. The van der Waals surface area contributed by atoms with Crippen LogP contribution in [0.1, 0.15) is 24.3 Å². The van der Waals surface area contributed by atoms with Gasteiger partial charge in [0.1, 0.15) is 5.69 Å². The predicted octanol–water partition coefficient (Wildman–Crippen LogP) is 1.33. The second-order valence-electron chi connectivity index (χ2n) is 6.00. The molecule has 0 aliphatic carbocycles. The smallest absolute Gasteiger partial charge is 0.273 e. The third-order valence-corrected chi connectivity index (χ3v) is 4.82. The standard InChI is InChI=1S/C14H19N3O2S/c1-9(2)13(18)16-3-10-5-17(6-11(10)4-16)14(19)12-7-20-8-15-12/h7-11H,3-6H2,1-2H3/t10-,11+. The summed E-state index contributed by atoms with van der Waals surface area (Å²) in [7, 11) is 0. The Kier molecular flexibility index (Phi) is 3.50. The molecule has 0 saturated carbocycles. The first-order valence-corrected chi connectivity index (χ1v) is 7.96. The van der Waals surface area contributed by atoms with Crippen LogP contribution in [0.2, 0.25) is 0 Å². The highest BCUT2D eigenvalue weighted by Gasteiger charge is 2.43. The van der Waals surface area contributed by atoms with Gasteiger partial charge in [0.15, 0.2) is 0 Å². The van der Waals surface area contributed by atoms with Gasteiger partial charge in [-0.1, -0.05) is 13.8 Å². The minimum atomic E-state index is 0.0300. The zero-order valence-electron chi connectivity index (χ0n) is 11.8. The summed E-state index contributed by atoms with van der Waals surface area (Å²) < 4.78 is 0. The quantitative estimate of drug-likeness (QED) is 0.826. The van der Waals surface area contributed by atoms with Gasteiger partial charge in [-0.25, -0.2) is 4.98 Å². The molecule has 0 unspecified atom stereocenters. The molecular formula is C14H19N3O2S. The maximum absolute atomic E-state index is 12.3. The zero-order chi connectivity index (χ0) is 14.3. The van der Waals surface area contributed by atoms with E-state index < -0.39 is 0 Å². The van der Waals surface area contributed by atoms with Crippen molar-refractivity contribution >= 4 is 23.2 Å². The molecule has 0 radical (unpaired) electrons. The number of aromatic nitrogens is 1. The van der Waals surface area contributed by atoms with Gasteiger partial charge in [0.05, 0.1) is 5.51 Å². The van der Waals surface area contributed by atoms with Crippen molar-refractivity contribution in [2.45, 2.75) is 13.8 Å². The van der Waals surface area contributed by atoms with E-state index in [1.807, 2.05) is 23.6 Å². The molecule has 0 spiro atoms. The van der Waals surface area contributed by atoms with Gasteiger partial charge in [0, 0.05) is 49.3 Å². The lowest BCUT2D eigenvalue weighted by molar-refractivity contribution is -0.133. The van der Waals surface area contributed by atoms with Gasteiger partial charge in [-0.05, 0) is 0 Å². The van der Waals surface area contributed by atoms with Crippen LogP contribution in [-0.2, 0) is 4.79 Å². The molecule has 0 N–H and O–H groups in total. The van der Waals surface area contributed by atoms with E-state index in [1.54, 1.807) is 10.9 Å². The SMILES string of the molecule is CC(C)C(=O)N1C[C@H]2CN(C(=O)c3cscn3)C[C@H]2C1. The third kappa shape index (κ3) is 2.32. The zero-order valence-corrected chi connectivity index (χ0v) is 12.6. The number of thiazole rings is 1. The summed E-state index contributed by atoms with van der Waals surface area (Å²) in [5, 5.41) is 1.80. The molecule has 3 rings (SSSR count). The molecule has 2 atom stereocenters. The summed E-state index contributed by atoms with van der Waals surface area (Å²) >= 11 is 1.44. The largest absolute Gasteiger partial charge is 0.342 e. The average Bonchev–Trinajstić information content (AvgIpc) is 3.11. The number of carbonyl (C=O) groups is 2. The third-order valence-electron chi connectivity index (χ3n) is 4.23. The van der Waals surface area contributed by atoms with Crippen molar-refractivity contribution in [2.75, 3.05) is 26.2 Å². The van der Waals surface area contributed by atoms with Crippen LogP contribution in [0.4, 0.5) is 0 Å². The molecule has 0 bridgehead atoms. The van der Waals surface area contributed by atoms with Gasteiger partial charge in [-0.3, -0.25) is 9.59 Å². The van der Waals surface area contributed by atoms with Crippen LogP contribution in [0.5, 0.6) is 0 Å². The van der Waals surface area contributed by atoms with E-state index in [4.69, 9.17) is 0 Å². The molecular weight excluding hydrogens is 274 g/mol. The number of carbonyl (C=O) groups excluding carboxylic acids is 2. The number of rotatable bonds is 2. The highest BCUT2D eigenvalue weighted by atomic mass is 32.1. The predicted molar refractivity (Wildman–Crippen MR) is 76.4 cm³/mol. The Morgan fingerprint density at radius 1 is 1.20 bits per heavy atom. The van der Waals surface area contributed by atoms with Gasteiger partial charge < -0.3 is 9.80 Å². The topological polar surface area (TPSA) is 53.5 Å². The molecule has 2 aliphatic rings. The summed E-state index contributed by atoms with van der Waals surface area (Å²) in [4.78, 5) is 32.2. The minimum absolute atomic E-state index is 0.0300. The van der Waals surface area contributed by atoms with Crippen molar-refractivity contribution in [1.29, 1.82) is 0 Å². The van der Waals surface area contributed by atoms with Crippen molar-refractivity contribution in [3.63, 3.8) is 0 Å². The molecule has 2 fully saturated rings. The molecule has 5 nitrogen and oxygen atoms in total. The van der Waals surface area contributed by atoms with E-state index in [0.29, 0.717) is 17.5 Å². The Morgan fingerprint density at radius 2 is 1.80 bits per heavy atom. The van der Waals surface area contributed by atoms with E-state index >= 15 is 0 Å². The van der Waals surface area contributed by atoms with Gasteiger partial charge in [0.2, 0.25) is 5.91 Å². The monoisotopic (exact) mass is 293 g/mol. The highest BCUT2D eigenvalue weighted by Crippen LogP contribution is 2.32. The Labute approximate surface area is 122 Å². The second-order valence-corrected chi connectivity index (χ2v) is 6.72. The lowest BCUT2D eigenvalue weighted by Gasteiger charge is -2.22. The molecule has 1 aromatic heterocycles. The molecule has 108 valence electrons. The fraction of sp³-hybridized carbons (Fsp3) is 0.643. The van der Waals surface area contributed by atoms with Crippen molar-refractivity contribution in [2.24, 2.45) is 17.8 Å². The highest BCUT2D eigenvalue weighted by molar-refractivity contribution is 7.07. The van der Waals surface area contributed by atoms with Crippen molar-refractivity contribution in [1.82, 2.24) is 14.8 Å². The minimum Gasteiger partial charge on any atom is -0.342 e. The van der Waals surface area contributed by atoms with Gasteiger partial charge in [-0.2, -0.15) is 0 Å². The fourth-order valence-corrected chi connectivity index (χ4v) is 3.71. The van der Waals surface area contributed by atoms with Crippen molar-refractivity contribution < 1.29 is 9.59 Å². The van der Waals surface area contributed by atoms with Crippen LogP contribution in [0.15, 0.2) is 10.9 Å². The Balaban J connectivity index is 1.61. The molecule has 2 amide bonds. The number of likely N-dealkylation sites (tertiary alicyclic amines) is 2. The number of hydrogen-bond donors (Lipinski definition) is 0. The van der Waals surface area contributed by atoms with Crippen molar-refractivity contribution in [3.05, 3.63) is 16.6 Å². The molecule has 20 heavy (non-hydrogen) atoms. The Hall–Kier alpha value is -1.43. The Morgan fingerprint density at radius 3 is 2.30 bits per heavy atom. The first-order chi connectivity index (χ1) is 9.56. The van der Waals surface area contributed by atoms with Gasteiger partial charge in [0.25, 0.3) is 5.91 Å². The van der Waals surface area contributed by atoms with Crippen LogP contribution in [0.25, 0.3) is 0 Å². The molecule has 0 aromatic carbocycles. The van der Waals surface area contributed by atoms with E-state index in [9.17, 15) is 9.59 Å². The van der Waals surface area contributed by atoms with Crippen LogP contribution < -0.4 is 0 Å². The van der Waals surface area contributed by atoms with Crippen LogP contribution >= 0.6 is 11.3 Å². The average molecular weight is 293 g/mol. The van der Waals surface area contributed by atoms with E-state index in [0.717, 1.165) is 26.2 Å². The van der Waals surface area contributed by atoms with Crippen LogP contribution in [-0.4, -0.2) is 52.8 Å². The summed E-state index contributed by atoms with van der Waals surface area (Å²) in [6.45, 7) is 6.97. The molecule has 1 aromatic rings. The van der Waals surface area contributed by atoms with Crippen molar-refractivity contribution in [3.8, 4) is 0 Å². The first kappa shape index (κ1) is 13.5. The fourth-order valence-electron chi connectivity index (χ4n) is 3.18. The maximum atomic E-state index is 12.3. The van der Waals surface area contributed by atoms with E-state index in [-0.39, 0.29) is 17.7 Å². The van der Waals surface area contributed by atoms with Gasteiger partial charge in [-0.15, -0.1) is 11.3 Å². The molecule has 6 heteroatoms. The maximum Gasteiger partial charge on any atom is 0.273 e. The molecule has 3 heterocycles. The van der Waals surface area contributed by atoms with E-state index in [2.05, 4.69) is 4.98 Å². The number of hydrogen-bond acceptors (Lipinski definition) is 4. The van der Waals surface area contributed by atoms with Crippen LogP contribution in [0, 0.1) is 17.8 Å². The summed E-state index contributed by atoms with van der Waals surface area (Å²) in [5.74, 6) is 1.18. The lowest BCUT2D eigenvalue weighted by atomic mass is 10.0. The lowest BCUT2D eigenvalue weighted by Crippen LogP contribution is -2.37. The summed E-state index contributed by atoms with van der Waals surface area (Å²) in [6.07, 6.45) is 0. The number of nitrogens with zero attached hydrogens (tertiary/aromatic N) is 3. The van der Waals surface area contributed by atoms with Gasteiger partial charge >= 0.3 is 0 Å². The number of fused-ring (bicyclic) bond motifs is 1. The normalized spacial score (nSPS) is 25.4. The molecule has 2 saturated heterocycles. The van der Waals surface area contributed by atoms with E-state index in [1.165, 1.54) is 11.3 Å². The summed E-state index contributed by atoms with van der Waals surface area (Å²) in [6, 6.07) is 0.